The fourth-order valence-electron chi connectivity index (χ4n) is 4.61. The molecule has 5 nitrogen and oxygen atoms in total. The molecule has 0 N–H and O–H groups in total. The maximum Gasteiger partial charge on any atom is 0.416 e. The average Bonchev–Trinajstić information content (AvgIpc) is 3.07. The van der Waals surface area contributed by atoms with Crippen LogP contribution in [0.1, 0.15) is 28.5 Å². The summed E-state index contributed by atoms with van der Waals surface area (Å²) in [6.07, 6.45) is -4.36. The van der Waals surface area contributed by atoms with E-state index in [2.05, 4.69) is 4.90 Å². The van der Waals surface area contributed by atoms with E-state index in [4.69, 9.17) is 4.74 Å². The van der Waals surface area contributed by atoms with Gasteiger partial charge in [-0.1, -0.05) is 6.07 Å². The number of rotatable bonds is 5. The maximum atomic E-state index is 13.6. The Kier molecular flexibility index (Phi) is 6.14. The van der Waals surface area contributed by atoms with Crippen molar-refractivity contribution in [3.8, 4) is 5.75 Å². The van der Waals surface area contributed by atoms with E-state index >= 15 is 0 Å². The van der Waals surface area contributed by atoms with Gasteiger partial charge < -0.3 is 14.2 Å². The summed E-state index contributed by atoms with van der Waals surface area (Å²) < 4.78 is 46.6. The van der Waals surface area contributed by atoms with Crippen molar-refractivity contribution in [1.29, 1.82) is 0 Å². The van der Waals surface area contributed by atoms with E-state index in [1.54, 1.807) is 13.2 Å². The van der Waals surface area contributed by atoms with Crippen LogP contribution in [0.5, 0.6) is 5.75 Å². The molecule has 4 rings (SSSR count). The van der Waals surface area contributed by atoms with Crippen molar-refractivity contribution in [2.45, 2.75) is 26.1 Å². The molecule has 1 aromatic heterocycles. The molecule has 33 heavy (non-hydrogen) atoms. The molecule has 1 saturated heterocycles. The smallest absolute Gasteiger partial charge is 0.416 e. The van der Waals surface area contributed by atoms with E-state index in [1.165, 1.54) is 12.1 Å². The number of piperazine rings is 1. The number of hydrogen-bond donors (Lipinski definition) is 0. The van der Waals surface area contributed by atoms with Gasteiger partial charge in [-0.05, 0) is 50.2 Å². The standard InChI is InChI=1S/C25H28F3N3O2/c1-16-23(21-15-20(33-4)8-9-22(21)29(16)3)24(32)17(2)30-10-12-31(13-11-30)19-7-5-6-18(14-19)25(26,27)28/h5-9,14-15,17H,10-13H2,1-4H3. The van der Waals surface area contributed by atoms with Crippen LogP contribution in [-0.4, -0.2) is 54.6 Å². The van der Waals surface area contributed by atoms with E-state index in [-0.39, 0.29) is 11.8 Å². The summed E-state index contributed by atoms with van der Waals surface area (Å²) in [6, 6.07) is 10.8. The Morgan fingerprint density at radius 1 is 1.06 bits per heavy atom. The molecule has 0 spiro atoms. The largest absolute Gasteiger partial charge is 0.497 e. The molecule has 1 unspecified atom stereocenters. The van der Waals surface area contributed by atoms with Gasteiger partial charge in [-0.25, -0.2) is 0 Å². The van der Waals surface area contributed by atoms with Crippen molar-refractivity contribution in [3.05, 3.63) is 59.3 Å². The molecule has 1 atom stereocenters. The fraction of sp³-hybridized carbons (Fsp3) is 0.400. The van der Waals surface area contributed by atoms with Crippen LogP contribution >= 0.6 is 0 Å². The molecule has 3 aromatic rings. The number of ketones is 1. The molecule has 0 amide bonds. The predicted octanol–water partition coefficient (Wildman–Crippen LogP) is 4.91. The van der Waals surface area contributed by atoms with Gasteiger partial charge >= 0.3 is 6.18 Å². The lowest BCUT2D eigenvalue weighted by Crippen LogP contribution is -2.51. The van der Waals surface area contributed by atoms with E-state index in [9.17, 15) is 18.0 Å². The van der Waals surface area contributed by atoms with Crippen LogP contribution in [0.3, 0.4) is 0 Å². The van der Waals surface area contributed by atoms with Crippen LogP contribution in [0.15, 0.2) is 42.5 Å². The number of carbonyl (C=O) groups is 1. The Morgan fingerprint density at radius 3 is 2.39 bits per heavy atom. The van der Waals surface area contributed by atoms with Crippen LogP contribution in [0.25, 0.3) is 10.9 Å². The second-order valence-corrected chi connectivity index (χ2v) is 8.51. The number of halogens is 3. The molecule has 0 aliphatic carbocycles. The summed E-state index contributed by atoms with van der Waals surface area (Å²) in [5, 5.41) is 0.869. The Hall–Kier alpha value is -3.00. The number of alkyl halides is 3. The van der Waals surface area contributed by atoms with Gasteiger partial charge in [0.05, 0.1) is 18.7 Å². The van der Waals surface area contributed by atoms with Gasteiger partial charge in [0.2, 0.25) is 0 Å². The van der Waals surface area contributed by atoms with E-state index < -0.39 is 11.7 Å². The molecule has 0 saturated carbocycles. The topological polar surface area (TPSA) is 37.7 Å². The summed E-state index contributed by atoms with van der Waals surface area (Å²) in [5.74, 6) is 0.739. The first-order valence-corrected chi connectivity index (χ1v) is 11.0. The summed E-state index contributed by atoms with van der Waals surface area (Å²) in [4.78, 5) is 17.6. The monoisotopic (exact) mass is 459 g/mol. The third-order valence-corrected chi connectivity index (χ3v) is 6.73. The Bertz CT molecular complexity index is 1180. The number of aromatic nitrogens is 1. The van der Waals surface area contributed by atoms with Crippen molar-refractivity contribution in [2.75, 3.05) is 38.2 Å². The molecule has 176 valence electrons. The molecule has 2 aromatic carbocycles. The lowest BCUT2D eigenvalue weighted by atomic mass is 10.00. The highest BCUT2D eigenvalue weighted by Gasteiger charge is 2.32. The summed E-state index contributed by atoms with van der Waals surface area (Å²) in [7, 11) is 3.55. The maximum absolute atomic E-state index is 13.6. The number of aryl methyl sites for hydroxylation is 1. The molecule has 1 fully saturated rings. The minimum Gasteiger partial charge on any atom is -0.497 e. The minimum absolute atomic E-state index is 0.0406. The molecule has 1 aliphatic heterocycles. The van der Waals surface area contributed by atoms with Gasteiger partial charge in [0.15, 0.2) is 5.78 Å². The van der Waals surface area contributed by atoms with E-state index in [1.807, 2.05) is 48.6 Å². The highest BCUT2D eigenvalue weighted by atomic mass is 19.4. The zero-order valence-corrected chi connectivity index (χ0v) is 19.2. The zero-order valence-electron chi connectivity index (χ0n) is 19.2. The van der Waals surface area contributed by atoms with Crippen molar-refractivity contribution >= 4 is 22.4 Å². The molecule has 8 heteroatoms. The molecular formula is C25H28F3N3O2. The molecule has 1 aliphatic rings. The van der Waals surface area contributed by atoms with Crippen LogP contribution < -0.4 is 9.64 Å². The van der Waals surface area contributed by atoms with Crippen LogP contribution in [0, 0.1) is 6.92 Å². The number of methoxy groups -OCH3 is 1. The number of anilines is 1. The first-order valence-electron chi connectivity index (χ1n) is 11.0. The van der Waals surface area contributed by atoms with E-state index in [0.717, 1.165) is 22.7 Å². The first kappa shape index (κ1) is 23.2. The lowest BCUT2D eigenvalue weighted by molar-refractivity contribution is -0.137. The molecular weight excluding hydrogens is 431 g/mol. The van der Waals surface area contributed by atoms with Crippen LogP contribution in [-0.2, 0) is 13.2 Å². The van der Waals surface area contributed by atoms with Gasteiger partial charge in [0, 0.05) is 61.1 Å². The predicted molar refractivity (Wildman–Crippen MR) is 123 cm³/mol. The van der Waals surface area contributed by atoms with Gasteiger partial charge in [0.25, 0.3) is 0 Å². The number of fused-ring (bicyclic) bond motifs is 1. The van der Waals surface area contributed by atoms with Gasteiger partial charge in [-0.2, -0.15) is 13.2 Å². The lowest BCUT2D eigenvalue weighted by Gasteiger charge is -2.38. The number of benzene rings is 2. The van der Waals surface area contributed by atoms with Crippen molar-refractivity contribution < 1.29 is 22.7 Å². The Morgan fingerprint density at radius 2 is 1.76 bits per heavy atom. The van der Waals surface area contributed by atoms with Crippen molar-refractivity contribution in [1.82, 2.24) is 9.47 Å². The minimum atomic E-state index is -4.36. The number of nitrogens with zero attached hydrogens (tertiary/aromatic N) is 3. The fourth-order valence-corrected chi connectivity index (χ4v) is 4.61. The van der Waals surface area contributed by atoms with E-state index in [0.29, 0.717) is 43.2 Å². The summed E-state index contributed by atoms with van der Waals surface area (Å²) in [6.45, 7) is 6.15. The van der Waals surface area contributed by atoms with Gasteiger partial charge in [0.1, 0.15) is 5.75 Å². The van der Waals surface area contributed by atoms with Crippen molar-refractivity contribution in [3.63, 3.8) is 0 Å². The number of carbonyl (C=O) groups excluding carboxylic acids is 1. The highest BCUT2D eigenvalue weighted by molar-refractivity contribution is 6.12. The Labute approximate surface area is 191 Å². The van der Waals surface area contributed by atoms with Crippen molar-refractivity contribution in [2.24, 2.45) is 7.05 Å². The normalized spacial score (nSPS) is 16.3. The summed E-state index contributed by atoms with van der Waals surface area (Å²) >= 11 is 0. The quantitative estimate of drug-likeness (QED) is 0.509. The average molecular weight is 460 g/mol. The second kappa shape index (κ2) is 8.74. The number of ether oxygens (including phenoxy) is 1. The first-order chi connectivity index (χ1) is 15.6. The molecule has 2 heterocycles. The highest BCUT2D eigenvalue weighted by Crippen LogP contribution is 2.33. The Balaban J connectivity index is 1.51. The second-order valence-electron chi connectivity index (χ2n) is 8.51. The van der Waals surface area contributed by atoms with Gasteiger partial charge in [-0.15, -0.1) is 0 Å². The molecule has 0 bridgehead atoms. The number of hydrogen-bond acceptors (Lipinski definition) is 4. The van der Waals surface area contributed by atoms with Gasteiger partial charge in [-0.3, -0.25) is 9.69 Å². The third-order valence-electron chi connectivity index (χ3n) is 6.73. The summed E-state index contributed by atoms with van der Waals surface area (Å²) in [5.41, 5.74) is 2.48. The third kappa shape index (κ3) is 4.31. The number of Topliss-reactive ketones (excluding diaryl/α,β-unsaturated/α-hetero) is 1. The SMILES string of the molecule is COc1ccc2c(c1)c(C(=O)C(C)N1CCN(c3cccc(C(F)(F)F)c3)CC1)c(C)n2C. The molecule has 0 radical (unpaired) electrons. The van der Waals surface area contributed by atoms with Crippen LogP contribution in [0.4, 0.5) is 18.9 Å². The zero-order chi connectivity index (χ0) is 23.9. The van der Waals surface area contributed by atoms with Crippen LogP contribution in [0.2, 0.25) is 0 Å².